The Morgan fingerprint density at radius 1 is 1.31 bits per heavy atom. The molecular weight excluding hydrogens is 236 g/mol. The average Bonchev–Trinajstić information content (AvgIpc) is 2.73. The number of terminal acetylenes is 1. The summed E-state index contributed by atoms with van der Waals surface area (Å²) in [7, 11) is 0. The molecule has 78 valence electrons. The van der Waals surface area contributed by atoms with Gasteiger partial charge in [0.1, 0.15) is 0 Å². The first-order chi connectivity index (χ1) is 7.79. The maximum absolute atomic E-state index is 6.02. The Morgan fingerprint density at radius 3 is 3.00 bits per heavy atom. The van der Waals surface area contributed by atoms with Crippen LogP contribution in [0.4, 0.5) is 0 Å². The molecule has 0 unspecified atom stereocenters. The third-order valence-corrected chi connectivity index (χ3v) is 4.20. The summed E-state index contributed by atoms with van der Waals surface area (Å²) >= 11 is 7.80. The van der Waals surface area contributed by atoms with E-state index in [-0.39, 0.29) is 5.92 Å². The van der Waals surface area contributed by atoms with Crippen molar-refractivity contribution in [2.24, 2.45) is 0 Å². The van der Waals surface area contributed by atoms with Gasteiger partial charge in [0, 0.05) is 16.3 Å². The maximum atomic E-state index is 6.02. The highest BCUT2D eigenvalue weighted by Gasteiger charge is 2.24. The van der Waals surface area contributed by atoms with Crippen molar-refractivity contribution in [1.29, 1.82) is 0 Å². The lowest BCUT2D eigenvalue weighted by molar-refractivity contribution is 0.958. The minimum Gasteiger partial charge on any atom is -0.148 e. The van der Waals surface area contributed by atoms with Crippen molar-refractivity contribution in [2.45, 2.75) is 12.3 Å². The molecular formula is C14H9ClS. The highest BCUT2D eigenvalue weighted by molar-refractivity contribution is 7.10. The quantitative estimate of drug-likeness (QED) is 0.613. The fourth-order valence-electron chi connectivity index (χ4n) is 2.28. The van der Waals surface area contributed by atoms with Crippen LogP contribution in [-0.4, -0.2) is 0 Å². The average molecular weight is 245 g/mol. The van der Waals surface area contributed by atoms with Crippen LogP contribution >= 0.6 is 22.9 Å². The molecule has 0 N–H and O–H groups in total. The van der Waals surface area contributed by atoms with Gasteiger partial charge in [0.15, 0.2) is 0 Å². The van der Waals surface area contributed by atoms with E-state index >= 15 is 0 Å². The highest BCUT2D eigenvalue weighted by Crippen LogP contribution is 2.39. The van der Waals surface area contributed by atoms with Crippen LogP contribution in [0, 0.1) is 12.3 Å². The number of rotatable bonds is 0. The molecule has 2 aromatic rings. The summed E-state index contributed by atoms with van der Waals surface area (Å²) in [6.07, 6.45) is 6.61. The third-order valence-electron chi connectivity index (χ3n) is 3.02. The molecule has 1 aromatic heterocycles. The molecule has 1 aliphatic carbocycles. The molecule has 0 spiro atoms. The molecule has 3 rings (SSSR count). The fraction of sp³-hybridized carbons (Fsp3) is 0.143. The van der Waals surface area contributed by atoms with Gasteiger partial charge in [-0.25, -0.2) is 0 Å². The van der Waals surface area contributed by atoms with Gasteiger partial charge in [-0.2, -0.15) is 0 Å². The largest absolute Gasteiger partial charge is 0.148 e. The Kier molecular flexibility index (Phi) is 2.28. The Bertz CT molecular complexity index is 589. The molecule has 1 heterocycles. The predicted molar refractivity (Wildman–Crippen MR) is 69.3 cm³/mol. The van der Waals surface area contributed by atoms with Crippen LogP contribution in [0.2, 0.25) is 5.02 Å². The van der Waals surface area contributed by atoms with Crippen molar-refractivity contribution in [3.63, 3.8) is 0 Å². The van der Waals surface area contributed by atoms with Crippen molar-refractivity contribution in [2.75, 3.05) is 0 Å². The monoisotopic (exact) mass is 244 g/mol. The van der Waals surface area contributed by atoms with E-state index in [0.29, 0.717) is 0 Å². The Balaban J connectivity index is 2.22. The summed E-state index contributed by atoms with van der Waals surface area (Å²) in [5.41, 5.74) is 3.80. The lowest BCUT2D eigenvalue weighted by Crippen LogP contribution is -2.09. The topological polar surface area (TPSA) is 0 Å². The number of thiophene rings is 1. The smallest absolute Gasteiger partial charge is 0.0713 e. The van der Waals surface area contributed by atoms with Gasteiger partial charge in [0.2, 0.25) is 0 Å². The second-order valence-electron chi connectivity index (χ2n) is 3.92. The van der Waals surface area contributed by atoms with Gasteiger partial charge in [-0.05, 0) is 40.3 Å². The normalized spacial score (nSPS) is 17.4. The summed E-state index contributed by atoms with van der Waals surface area (Å²) in [5, 5.41) is 2.90. The fourth-order valence-corrected chi connectivity index (χ4v) is 3.41. The third kappa shape index (κ3) is 1.38. The Hall–Kier alpha value is -1.23. The first-order valence-electron chi connectivity index (χ1n) is 5.10. The summed E-state index contributed by atoms with van der Waals surface area (Å²) in [6.45, 7) is 0. The molecule has 0 fully saturated rings. The minimum absolute atomic E-state index is 0.0993. The predicted octanol–water partition coefficient (Wildman–Crippen LogP) is 4.07. The lowest BCUT2D eigenvalue weighted by Gasteiger charge is -2.22. The molecule has 1 aliphatic rings. The standard InChI is InChI=1S/C14H9ClS/c1-2-11-12-4-3-10(15)7-9(12)8-14-13(11)5-6-16-14/h1,3-7,11H,8H2/t11-/m1/s1. The van der Waals surface area contributed by atoms with Crippen molar-refractivity contribution in [3.05, 3.63) is 56.2 Å². The number of halogens is 1. The molecule has 1 atom stereocenters. The zero-order valence-electron chi connectivity index (χ0n) is 8.53. The lowest BCUT2D eigenvalue weighted by atomic mass is 9.82. The van der Waals surface area contributed by atoms with E-state index in [4.69, 9.17) is 18.0 Å². The van der Waals surface area contributed by atoms with Crippen LogP contribution in [0.15, 0.2) is 29.6 Å². The second-order valence-corrected chi connectivity index (χ2v) is 5.36. The van der Waals surface area contributed by atoms with Gasteiger partial charge >= 0.3 is 0 Å². The molecule has 0 nitrogen and oxygen atoms in total. The number of benzene rings is 1. The van der Waals surface area contributed by atoms with E-state index < -0.39 is 0 Å². The summed E-state index contributed by atoms with van der Waals surface area (Å²) in [4.78, 5) is 1.37. The molecule has 0 aliphatic heterocycles. The zero-order chi connectivity index (χ0) is 11.1. The van der Waals surface area contributed by atoms with Crippen LogP contribution in [0.3, 0.4) is 0 Å². The van der Waals surface area contributed by atoms with Crippen molar-refractivity contribution >= 4 is 22.9 Å². The minimum atomic E-state index is 0.0993. The van der Waals surface area contributed by atoms with Crippen LogP contribution in [-0.2, 0) is 6.42 Å². The SMILES string of the molecule is C#C[C@@H]1c2ccc(Cl)cc2Cc2sccc21. The maximum Gasteiger partial charge on any atom is 0.0713 e. The molecule has 0 bridgehead atoms. The van der Waals surface area contributed by atoms with E-state index in [1.54, 1.807) is 11.3 Å². The second kappa shape index (κ2) is 3.66. The molecule has 0 amide bonds. The van der Waals surface area contributed by atoms with E-state index in [0.717, 1.165) is 11.4 Å². The molecule has 0 radical (unpaired) electrons. The van der Waals surface area contributed by atoms with Gasteiger partial charge < -0.3 is 0 Å². The first kappa shape index (κ1) is 9.96. The van der Waals surface area contributed by atoms with Gasteiger partial charge in [0.05, 0.1) is 5.92 Å². The molecule has 2 heteroatoms. The molecule has 0 saturated carbocycles. The summed E-state index contributed by atoms with van der Waals surface area (Å²) < 4.78 is 0. The van der Waals surface area contributed by atoms with E-state index in [1.165, 1.54) is 21.6 Å². The van der Waals surface area contributed by atoms with Crippen LogP contribution in [0.5, 0.6) is 0 Å². The van der Waals surface area contributed by atoms with Crippen molar-refractivity contribution < 1.29 is 0 Å². The molecule has 1 aromatic carbocycles. The van der Waals surface area contributed by atoms with Gasteiger partial charge in [-0.3, -0.25) is 0 Å². The van der Waals surface area contributed by atoms with Crippen molar-refractivity contribution in [3.8, 4) is 12.3 Å². The number of fused-ring (bicyclic) bond motifs is 2. The van der Waals surface area contributed by atoms with Gasteiger partial charge in [-0.15, -0.1) is 17.8 Å². The van der Waals surface area contributed by atoms with Gasteiger partial charge in [-0.1, -0.05) is 23.6 Å². The van der Waals surface area contributed by atoms with Crippen LogP contribution in [0.1, 0.15) is 27.5 Å². The summed E-state index contributed by atoms with van der Waals surface area (Å²) in [6, 6.07) is 8.15. The van der Waals surface area contributed by atoms with Crippen molar-refractivity contribution in [1.82, 2.24) is 0 Å². The number of hydrogen-bond acceptors (Lipinski definition) is 1. The Labute approximate surface area is 104 Å². The Morgan fingerprint density at radius 2 is 2.19 bits per heavy atom. The highest BCUT2D eigenvalue weighted by atomic mass is 35.5. The molecule has 16 heavy (non-hydrogen) atoms. The number of hydrogen-bond donors (Lipinski definition) is 0. The van der Waals surface area contributed by atoms with Crippen LogP contribution < -0.4 is 0 Å². The van der Waals surface area contributed by atoms with Gasteiger partial charge in [0.25, 0.3) is 0 Å². The zero-order valence-corrected chi connectivity index (χ0v) is 10.1. The van der Waals surface area contributed by atoms with E-state index in [9.17, 15) is 0 Å². The van der Waals surface area contributed by atoms with Crippen LogP contribution in [0.25, 0.3) is 0 Å². The first-order valence-corrected chi connectivity index (χ1v) is 6.36. The van der Waals surface area contributed by atoms with E-state index in [1.807, 2.05) is 12.1 Å². The van der Waals surface area contributed by atoms with E-state index in [2.05, 4.69) is 23.4 Å². The molecule has 0 saturated heterocycles. The summed E-state index contributed by atoms with van der Waals surface area (Å²) in [5.74, 6) is 2.98.